The molecule has 0 N–H and O–H groups in total. The number of ether oxygens (including phenoxy) is 1. The van der Waals surface area contributed by atoms with E-state index in [1.54, 1.807) is 7.11 Å². The number of hydrogen-bond acceptors (Lipinski definition) is 2. The second-order valence-electron chi connectivity index (χ2n) is 6.14. The van der Waals surface area contributed by atoms with Gasteiger partial charge in [-0.25, -0.2) is 0 Å². The maximum absolute atomic E-state index is 5.28. The summed E-state index contributed by atoms with van der Waals surface area (Å²) in [4.78, 5) is 0. The molecule has 3 rings (SSSR count). The topological polar surface area (TPSA) is 9.23 Å². The molecule has 0 aliphatic carbocycles. The Labute approximate surface area is 143 Å². The van der Waals surface area contributed by atoms with Crippen LogP contribution < -0.4 is 4.74 Å². The van der Waals surface area contributed by atoms with Gasteiger partial charge in [0.25, 0.3) is 0 Å². The van der Waals surface area contributed by atoms with Crippen molar-refractivity contribution >= 4 is 11.8 Å². The van der Waals surface area contributed by atoms with Gasteiger partial charge in [-0.1, -0.05) is 61.9 Å². The van der Waals surface area contributed by atoms with Gasteiger partial charge in [0.1, 0.15) is 5.75 Å². The molecule has 2 aromatic carbocycles. The maximum atomic E-state index is 5.28. The van der Waals surface area contributed by atoms with Crippen molar-refractivity contribution in [2.24, 2.45) is 0 Å². The summed E-state index contributed by atoms with van der Waals surface area (Å²) in [5.41, 5.74) is 2.83. The normalized spacial score (nSPS) is 23.7. The number of hydrogen-bond donors (Lipinski definition) is 0. The van der Waals surface area contributed by atoms with Crippen LogP contribution in [0.2, 0.25) is 0 Å². The van der Waals surface area contributed by atoms with E-state index in [-0.39, 0.29) is 4.75 Å². The highest BCUT2D eigenvalue weighted by Crippen LogP contribution is 2.51. The smallest absolute Gasteiger partial charge is 0.118 e. The minimum Gasteiger partial charge on any atom is -0.497 e. The van der Waals surface area contributed by atoms with Crippen molar-refractivity contribution in [2.75, 3.05) is 7.11 Å². The first kappa shape index (κ1) is 16.2. The van der Waals surface area contributed by atoms with E-state index in [9.17, 15) is 0 Å². The van der Waals surface area contributed by atoms with Crippen molar-refractivity contribution in [2.45, 2.75) is 36.9 Å². The van der Waals surface area contributed by atoms with E-state index in [0.29, 0.717) is 5.92 Å². The molecule has 0 spiro atoms. The fraction of sp³-hybridized carbons (Fsp3) is 0.333. The lowest BCUT2D eigenvalue weighted by Crippen LogP contribution is -2.26. The lowest BCUT2D eigenvalue weighted by atomic mass is 9.81. The van der Waals surface area contributed by atoms with E-state index >= 15 is 0 Å². The van der Waals surface area contributed by atoms with E-state index in [1.165, 1.54) is 24.0 Å². The quantitative estimate of drug-likeness (QED) is 0.654. The largest absolute Gasteiger partial charge is 0.497 e. The summed E-state index contributed by atoms with van der Waals surface area (Å²) >= 11 is 1.99. The molecule has 2 heteroatoms. The second kappa shape index (κ2) is 7.27. The Morgan fingerprint density at radius 2 is 1.83 bits per heavy atom. The summed E-state index contributed by atoms with van der Waals surface area (Å²) in [6.45, 7) is 2.28. The molecule has 120 valence electrons. The zero-order chi connectivity index (χ0) is 16.1. The van der Waals surface area contributed by atoms with E-state index in [4.69, 9.17) is 4.74 Å². The average Bonchev–Trinajstić information content (AvgIpc) is 2.63. The molecule has 2 atom stereocenters. The van der Waals surface area contributed by atoms with Crippen LogP contribution >= 0.6 is 11.8 Å². The van der Waals surface area contributed by atoms with Gasteiger partial charge in [-0.3, -0.25) is 0 Å². The monoisotopic (exact) mass is 324 g/mol. The summed E-state index contributed by atoms with van der Waals surface area (Å²) in [5.74, 6) is 1.39. The molecule has 1 aliphatic rings. The number of allylic oxidation sites excluding steroid dienone is 1. The van der Waals surface area contributed by atoms with Crippen LogP contribution in [0, 0.1) is 0 Å². The Morgan fingerprint density at radius 3 is 2.48 bits per heavy atom. The lowest BCUT2D eigenvalue weighted by molar-refractivity contribution is 0.414. The number of benzene rings is 2. The van der Waals surface area contributed by atoms with Crippen molar-refractivity contribution in [1.82, 2.24) is 0 Å². The van der Waals surface area contributed by atoms with E-state index in [1.807, 2.05) is 11.8 Å². The van der Waals surface area contributed by atoms with Crippen LogP contribution in [-0.4, -0.2) is 7.11 Å². The highest BCUT2D eigenvalue weighted by Gasteiger charge is 2.36. The summed E-state index contributed by atoms with van der Waals surface area (Å²) in [5, 5.41) is 2.31. The maximum Gasteiger partial charge on any atom is 0.118 e. The fourth-order valence-corrected chi connectivity index (χ4v) is 4.85. The molecule has 0 amide bonds. The predicted molar refractivity (Wildman–Crippen MR) is 100 cm³/mol. The molecule has 2 aromatic rings. The third-order valence-electron chi connectivity index (χ3n) is 4.65. The van der Waals surface area contributed by atoms with Gasteiger partial charge in [-0.05, 0) is 41.5 Å². The molecular formula is C21H24OS. The minimum absolute atomic E-state index is 0.190. The molecule has 0 unspecified atom stereocenters. The second-order valence-corrected chi connectivity index (χ2v) is 7.43. The molecule has 0 fully saturated rings. The molecule has 0 aromatic heterocycles. The van der Waals surface area contributed by atoms with Crippen LogP contribution in [0.3, 0.4) is 0 Å². The summed E-state index contributed by atoms with van der Waals surface area (Å²) < 4.78 is 5.47. The molecule has 1 aliphatic heterocycles. The van der Waals surface area contributed by atoms with E-state index in [2.05, 4.69) is 73.0 Å². The summed E-state index contributed by atoms with van der Waals surface area (Å²) in [7, 11) is 1.72. The third kappa shape index (κ3) is 3.48. The van der Waals surface area contributed by atoms with Crippen LogP contribution in [0.15, 0.2) is 66.1 Å². The van der Waals surface area contributed by atoms with Gasteiger partial charge in [-0.15, -0.1) is 11.8 Å². The number of rotatable bonds is 5. The van der Waals surface area contributed by atoms with Gasteiger partial charge in [-0.2, -0.15) is 0 Å². The predicted octanol–water partition coefficient (Wildman–Crippen LogP) is 6.13. The minimum atomic E-state index is 0.190. The van der Waals surface area contributed by atoms with Crippen LogP contribution in [0.5, 0.6) is 5.75 Å². The first-order valence-electron chi connectivity index (χ1n) is 8.31. The van der Waals surface area contributed by atoms with Gasteiger partial charge >= 0.3 is 0 Å². The van der Waals surface area contributed by atoms with Crippen LogP contribution in [0.1, 0.15) is 43.2 Å². The van der Waals surface area contributed by atoms with E-state index < -0.39 is 0 Å². The lowest BCUT2D eigenvalue weighted by Gasteiger charge is -2.38. The highest BCUT2D eigenvalue weighted by atomic mass is 32.2. The summed E-state index contributed by atoms with van der Waals surface area (Å²) in [6, 6.07) is 19.5. The molecular weight excluding hydrogens is 300 g/mol. The fourth-order valence-electron chi connectivity index (χ4n) is 3.45. The number of methoxy groups -OCH3 is 1. The zero-order valence-electron chi connectivity index (χ0n) is 13.9. The van der Waals surface area contributed by atoms with Gasteiger partial charge in [0.05, 0.1) is 7.11 Å². The molecule has 0 bridgehead atoms. The SMILES string of the molecule is CCC[C@@]1(c2ccccc2)C[C@@H](c2ccc(OC)cc2)C=CS1. The molecule has 1 nitrogen and oxygen atoms in total. The first-order chi connectivity index (χ1) is 11.3. The Balaban J connectivity index is 1.90. The molecule has 1 heterocycles. The average molecular weight is 324 g/mol. The standard InChI is InChI=1S/C21H24OS/c1-3-14-21(19-7-5-4-6-8-19)16-18(13-15-23-21)17-9-11-20(22-2)12-10-17/h4-13,15,18H,3,14,16H2,1-2H3/t18-,21-/m0/s1. The van der Waals surface area contributed by atoms with Crippen molar-refractivity contribution in [3.63, 3.8) is 0 Å². The Bertz CT molecular complexity index is 647. The molecule has 0 saturated heterocycles. The first-order valence-corrected chi connectivity index (χ1v) is 9.19. The Kier molecular flexibility index (Phi) is 5.12. The van der Waals surface area contributed by atoms with Crippen LogP contribution in [-0.2, 0) is 4.75 Å². The Hall–Kier alpha value is -1.67. The van der Waals surface area contributed by atoms with Gasteiger partial charge in [0.15, 0.2) is 0 Å². The van der Waals surface area contributed by atoms with E-state index in [0.717, 1.165) is 12.2 Å². The molecule has 23 heavy (non-hydrogen) atoms. The van der Waals surface area contributed by atoms with Crippen LogP contribution in [0.25, 0.3) is 0 Å². The van der Waals surface area contributed by atoms with Crippen LogP contribution in [0.4, 0.5) is 0 Å². The van der Waals surface area contributed by atoms with Gasteiger partial charge < -0.3 is 4.74 Å². The molecule has 0 radical (unpaired) electrons. The van der Waals surface area contributed by atoms with Gasteiger partial charge in [0, 0.05) is 10.7 Å². The number of thioether (sulfide) groups is 1. The third-order valence-corrected chi connectivity index (χ3v) is 6.00. The Morgan fingerprint density at radius 1 is 1.09 bits per heavy atom. The van der Waals surface area contributed by atoms with Crippen molar-refractivity contribution < 1.29 is 4.74 Å². The van der Waals surface area contributed by atoms with Crippen molar-refractivity contribution in [1.29, 1.82) is 0 Å². The highest BCUT2D eigenvalue weighted by molar-refractivity contribution is 8.03. The van der Waals surface area contributed by atoms with Crippen molar-refractivity contribution in [3.05, 3.63) is 77.2 Å². The zero-order valence-corrected chi connectivity index (χ0v) is 14.7. The molecule has 0 saturated carbocycles. The van der Waals surface area contributed by atoms with Gasteiger partial charge in [0.2, 0.25) is 0 Å². The van der Waals surface area contributed by atoms with Crippen molar-refractivity contribution in [3.8, 4) is 5.75 Å². The summed E-state index contributed by atoms with van der Waals surface area (Å²) in [6.07, 6.45) is 5.91.